The summed E-state index contributed by atoms with van der Waals surface area (Å²) in [4.78, 5) is 24.1. The van der Waals surface area contributed by atoms with Gasteiger partial charge in [0.1, 0.15) is 0 Å². The molecule has 5 heteroatoms. The van der Waals surface area contributed by atoms with Crippen molar-refractivity contribution in [3.05, 3.63) is 29.8 Å². The van der Waals surface area contributed by atoms with E-state index in [1.54, 1.807) is 0 Å². The van der Waals surface area contributed by atoms with Gasteiger partial charge in [-0.05, 0) is 36.3 Å². The average molecular weight is 380 g/mol. The van der Waals surface area contributed by atoms with Gasteiger partial charge in [-0.1, -0.05) is 75.8 Å². The number of benzene rings is 1. The van der Waals surface area contributed by atoms with Crippen molar-refractivity contribution in [2.45, 2.75) is 74.9 Å². The minimum atomic E-state index is -0.275. The Morgan fingerprint density at radius 2 is 1.60 bits per heavy atom. The fraction of sp³-hybridized carbons (Fsp3) is 0.600. The molecular weight excluding hydrogens is 350 g/mol. The van der Waals surface area contributed by atoms with E-state index in [0.717, 1.165) is 17.3 Å². The molecule has 1 unspecified atom stereocenters. The molecule has 3 nitrogen and oxygen atoms in total. The van der Waals surface area contributed by atoms with Gasteiger partial charge >= 0.3 is 0 Å². The summed E-state index contributed by atoms with van der Waals surface area (Å²) in [6.07, 6.45) is 11.5. The van der Waals surface area contributed by atoms with Crippen LogP contribution in [0, 0.1) is 0 Å². The lowest BCUT2D eigenvalue weighted by Crippen LogP contribution is -2.25. The van der Waals surface area contributed by atoms with Gasteiger partial charge in [-0.25, -0.2) is 0 Å². The van der Waals surface area contributed by atoms with Gasteiger partial charge in [0, 0.05) is 4.90 Å². The Labute approximate surface area is 160 Å². The van der Waals surface area contributed by atoms with Crippen LogP contribution in [0.25, 0.3) is 0 Å². The van der Waals surface area contributed by atoms with E-state index < -0.39 is 0 Å². The molecule has 1 fully saturated rings. The van der Waals surface area contributed by atoms with Gasteiger partial charge < -0.3 is 0 Å². The van der Waals surface area contributed by atoms with Crippen molar-refractivity contribution in [1.82, 2.24) is 5.32 Å². The van der Waals surface area contributed by atoms with Gasteiger partial charge in [-0.3, -0.25) is 14.9 Å². The van der Waals surface area contributed by atoms with Crippen molar-refractivity contribution in [2.75, 3.05) is 5.75 Å². The second kappa shape index (κ2) is 11.6. The van der Waals surface area contributed by atoms with Gasteiger partial charge in [0.15, 0.2) is 0 Å². The molecule has 0 radical (unpaired) electrons. The fourth-order valence-corrected chi connectivity index (χ4v) is 4.66. The first-order chi connectivity index (χ1) is 12.2. The number of hydrogen-bond donors (Lipinski definition) is 1. The van der Waals surface area contributed by atoms with E-state index >= 15 is 0 Å². The number of hydrogen-bond acceptors (Lipinski definition) is 4. The Bertz CT molecular complexity index is 545. The Morgan fingerprint density at radius 1 is 0.960 bits per heavy atom. The Hall–Kier alpha value is -0.940. The highest BCUT2D eigenvalue weighted by Gasteiger charge is 2.31. The normalized spacial score (nSPS) is 17.1. The van der Waals surface area contributed by atoms with Gasteiger partial charge in [0.25, 0.3) is 5.24 Å². The van der Waals surface area contributed by atoms with Crippen LogP contribution in [-0.4, -0.2) is 22.1 Å². The molecule has 0 saturated carbocycles. The zero-order chi connectivity index (χ0) is 17.9. The molecule has 2 amide bonds. The Kier molecular flexibility index (Phi) is 9.48. The second-order valence-electron chi connectivity index (χ2n) is 6.55. The van der Waals surface area contributed by atoms with E-state index in [4.69, 9.17) is 0 Å². The highest BCUT2D eigenvalue weighted by molar-refractivity contribution is 8.15. The third kappa shape index (κ3) is 7.87. The zero-order valence-electron chi connectivity index (χ0n) is 15.1. The van der Waals surface area contributed by atoms with Crippen molar-refractivity contribution in [3.8, 4) is 0 Å². The summed E-state index contributed by atoms with van der Waals surface area (Å²) < 4.78 is 0. The largest absolute Gasteiger partial charge is 0.286 e. The third-order valence-corrected chi connectivity index (χ3v) is 6.46. The van der Waals surface area contributed by atoms with Crippen molar-refractivity contribution < 1.29 is 9.59 Å². The summed E-state index contributed by atoms with van der Waals surface area (Å²) >= 11 is 3.00. The number of unbranched alkanes of at least 4 members (excludes halogenated alkanes) is 7. The molecular formula is C20H29NO2S2. The number of imide groups is 1. The molecule has 1 aliphatic rings. The molecule has 1 aromatic carbocycles. The first kappa shape index (κ1) is 20.4. The van der Waals surface area contributed by atoms with Crippen LogP contribution in [0.3, 0.4) is 0 Å². The van der Waals surface area contributed by atoms with Crippen LogP contribution in [0.15, 0.2) is 29.2 Å². The second-order valence-corrected chi connectivity index (χ2v) is 8.90. The van der Waals surface area contributed by atoms with Crippen LogP contribution in [0.1, 0.15) is 63.9 Å². The number of thioether (sulfide) groups is 2. The van der Waals surface area contributed by atoms with Crippen molar-refractivity contribution >= 4 is 34.7 Å². The van der Waals surface area contributed by atoms with Crippen molar-refractivity contribution in [2.24, 2.45) is 0 Å². The average Bonchev–Trinajstić information content (AvgIpc) is 2.92. The number of rotatable bonds is 12. The molecule has 2 rings (SSSR count). The van der Waals surface area contributed by atoms with E-state index in [1.807, 2.05) is 11.8 Å². The topological polar surface area (TPSA) is 46.2 Å². The fourth-order valence-electron chi connectivity index (χ4n) is 2.89. The molecule has 1 atom stereocenters. The summed E-state index contributed by atoms with van der Waals surface area (Å²) in [6.45, 7) is 2.26. The predicted octanol–water partition coefficient (Wildman–Crippen LogP) is 5.81. The minimum Gasteiger partial charge on any atom is -0.286 e. The molecule has 25 heavy (non-hydrogen) atoms. The summed E-state index contributed by atoms with van der Waals surface area (Å²) in [5, 5.41) is 1.83. The summed E-state index contributed by atoms with van der Waals surface area (Å²) in [7, 11) is 0. The lowest BCUT2D eigenvalue weighted by Gasteiger charge is -2.07. The Morgan fingerprint density at radius 3 is 2.20 bits per heavy atom. The maximum absolute atomic E-state index is 11.6. The molecule has 0 spiro atoms. The molecule has 0 aliphatic carbocycles. The quantitative estimate of drug-likeness (QED) is 0.367. The number of carbonyl (C=O) groups is 2. The van der Waals surface area contributed by atoms with E-state index in [0.29, 0.717) is 6.42 Å². The van der Waals surface area contributed by atoms with Gasteiger partial charge in [-0.15, -0.1) is 11.8 Å². The van der Waals surface area contributed by atoms with Crippen LogP contribution < -0.4 is 5.32 Å². The highest BCUT2D eigenvalue weighted by atomic mass is 32.2. The zero-order valence-corrected chi connectivity index (χ0v) is 16.7. The van der Waals surface area contributed by atoms with Crippen LogP contribution in [0.5, 0.6) is 0 Å². The van der Waals surface area contributed by atoms with E-state index in [2.05, 4.69) is 36.5 Å². The van der Waals surface area contributed by atoms with Crippen molar-refractivity contribution in [1.29, 1.82) is 0 Å². The predicted molar refractivity (Wildman–Crippen MR) is 108 cm³/mol. The maximum Gasteiger partial charge on any atom is 0.286 e. The van der Waals surface area contributed by atoms with Crippen LogP contribution >= 0.6 is 23.5 Å². The SMILES string of the molecule is CCCCCCCCCCSc1ccc(CC2SC(=O)NC2=O)cc1. The van der Waals surface area contributed by atoms with Crippen molar-refractivity contribution in [3.63, 3.8) is 0 Å². The van der Waals surface area contributed by atoms with Crippen LogP contribution in [-0.2, 0) is 11.2 Å². The highest BCUT2D eigenvalue weighted by Crippen LogP contribution is 2.25. The number of nitrogens with one attached hydrogen (secondary N) is 1. The van der Waals surface area contributed by atoms with E-state index in [9.17, 15) is 9.59 Å². The molecule has 138 valence electrons. The van der Waals surface area contributed by atoms with Gasteiger partial charge in [-0.2, -0.15) is 0 Å². The van der Waals surface area contributed by atoms with Crippen LogP contribution in [0.4, 0.5) is 4.79 Å². The Balaban J connectivity index is 1.57. The maximum atomic E-state index is 11.6. The third-order valence-electron chi connectivity index (χ3n) is 4.38. The summed E-state index contributed by atoms with van der Waals surface area (Å²) in [5.74, 6) is 1.01. The van der Waals surface area contributed by atoms with E-state index in [1.165, 1.54) is 62.0 Å². The first-order valence-electron chi connectivity index (χ1n) is 9.42. The smallest absolute Gasteiger partial charge is 0.286 e. The monoisotopic (exact) mass is 379 g/mol. The lowest BCUT2D eigenvalue weighted by molar-refractivity contribution is -0.118. The molecule has 1 aliphatic heterocycles. The first-order valence-corrected chi connectivity index (χ1v) is 11.3. The number of amides is 2. The lowest BCUT2D eigenvalue weighted by atomic mass is 10.1. The molecule has 1 N–H and O–H groups in total. The molecule has 0 bridgehead atoms. The van der Waals surface area contributed by atoms with E-state index in [-0.39, 0.29) is 16.4 Å². The molecule has 1 aromatic rings. The molecule has 1 saturated heterocycles. The molecule has 0 aromatic heterocycles. The number of carbonyl (C=O) groups excluding carboxylic acids is 2. The minimum absolute atomic E-state index is 0.164. The standard InChI is InChI=1S/C20H29NO2S2/c1-2-3-4-5-6-7-8-9-14-24-17-12-10-16(11-13-17)15-18-19(22)21-20(23)25-18/h10-13,18H,2-9,14-15H2,1H3,(H,21,22,23). The summed E-state index contributed by atoms with van der Waals surface area (Å²) in [5.41, 5.74) is 1.11. The van der Waals surface area contributed by atoms with Crippen LogP contribution in [0.2, 0.25) is 0 Å². The molecule has 1 heterocycles. The van der Waals surface area contributed by atoms with Gasteiger partial charge in [0.2, 0.25) is 5.91 Å². The summed E-state index contributed by atoms with van der Waals surface area (Å²) in [6, 6.07) is 8.41. The van der Waals surface area contributed by atoms with Gasteiger partial charge in [0.05, 0.1) is 5.25 Å².